The van der Waals surface area contributed by atoms with Gasteiger partial charge >= 0.3 is 5.97 Å². The van der Waals surface area contributed by atoms with E-state index < -0.39 is 5.97 Å². The van der Waals surface area contributed by atoms with Gasteiger partial charge in [0.15, 0.2) is 6.61 Å². The summed E-state index contributed by atoms with van der Waals surface area (Å²) < 4.78 is 6.44. The van der Waals surface area contributed by atoms with Crippen molar-refractivity contribution in [3.05, 3.63) is 64.7 Å². The van der Waals surface area contributed by atoms with E-state index in [1.54, 1.807) is 28.4 Å². The number of carbonyl (C=O) groups is 2. The lowest BCUT2D eigenvalue weighted by atomic mass is 9.99. The Bertz CT molecular complexity index is 981. The molecule has 0 radical (unpaired) electrons. The van der Waals surface area contributed by atoms with E-state index in [0.29, 0.717) is 18.7 Å². The van der Waals surface area contributed by atoms with Gasteiger partial charge in [0.2, 0.25) is 0 Å². The fraction of sp³-hybridized carbons (Fsp3) is 0.318. The fourth-order valence-corrected chi connectivity index (χ4v) is 4.66. The van der Waals surface area contributed by atoms with Crippen LogP contribution >= 0.6 is 11.3 Å². The summed E-state index contributed by atoms with van der Waals surface area (Å²) in [5, 5.41) is 1.08. The molecule has 3 aromatic rings. The standard InChI is InChI=1S/C22H22N2O3S/c1-15-7-2-3-9-17(15)22(26)27-14-20(25)24-12-6-8-16(13-24)21-23-18-10-4-5-11-19(18)28-21/h2-5,7,9-11,16H,6,8,12-14H2,1H3/t16-/m1/s1. The van der Waals surface area contributed by atoms with Crippen LogP contribution in [-0.2, 0) is 9.53 Å². The van der Waals surface area contributed by atoms with E-state index >= 15 is 0 Å². The van der Waals surface area contributed by atoms with Gasteiger partial charge in [-0.15, -0.1) is 11.3 Å². The highest BCUT2D eigenvalue weighted by Gasteiger charge is 2.27. The van der Waals surface area contributed by atoms with Crippen molar-refractivity contribution in [1.82, 2.24) is 9.88 Å². The average molecular weight is 394 g/mol. The van der Waals surface area contributed by atoms with Crippen LogP contribution in [0.15, 0.2) is 48.5 Å². The van der Waals surface area contributed by atoms with Gasteiger partial charge in [0.1, 0.15) is 0 Å². The number of piperidine rings is 1. The molecule has 0 N–H and O–H groups in total. The lowest BCUT2D eigenvalue weighted by Crippen LogP contribution is -2.41. The molecule has 0 spiro atoms. The third kappa shape index (κ3) is 3.92. The number of hydrogen-bond donors (Lipinski definition) is 0. The number of para-hydroxylation sites is 1. The van der Waals surface area contributed by atoms with Crippen LogP contribution in [0.5, 0.6) is 0 Å². The zero-order valence-corrected chi connectivity index (χ0v) is 16.6. The Morgan fingerprint density at radius 3 is 2.79 bits per heavy atom. The molecule has 1 aliphatic rings. The Kier molecular flexibility index (Phi) is 5.39. The predicted octanol–water partition coefficient (Wildman–Crippen LogP) is 4.17. The monoisotopic (exact) mass is 394 g/mol. The Hall–Kier alpha value is -2.73. The summed E-state index contributed by atoms with van der Waals surface area (Å²) in [5.74, 6) is -0.360. The van der Waals surface area contributed by atoms with E-state index in [1.807, 2.05) is 37.3 Å². The number of ether oxygens (including phenoxy) is 1. The number of amides is 1. The molecule has 2 heterocycles. The van der Waals surface area contributed by atoms with E-state index in [0.717, 1.165) is 28.9 Å². The lowest BCUT2D eigenvalue weighted by molar-refractivity contribution is -0.135. The van der Waals surface area contributed by atoms with Crippen molar-refractivity contribution in [2.45, 2.75) is 25.7 Å². The van der Waals surface area contributed by atoms with E-state index in [2.05, 4.69) is 6.07 Å². The van der Waals surface area contributed by atoms with Crippen molar-refractivity contribution in [3.63, 3.8) is 0 Å². The maximum atomic E-state index is 12.6. The molecule has 144 valence electrons. The molecule has 5 nitrogen and oxygen atoms in total. The van der Waals surface area contributed by atoms with E-state index in [4.69, 9.17) is 9.72 Å². The third-order valence-corrected chi connectivity index (χ3v) is 6.32. The van der Waals surface area contributed by atoms with Gasteiger partial charge in [-0.2, -0.15) is 0 Å². The van der Waals surface area contributed by atoms with Crippen molar-refractivity contribution in [1.29, 1.82) is 0 Å². The van der Waals surface area contributed by atoms with Crippen LogP contribution in [-0.4, -0.2) is 41.5 Å². The van der Waals surface area contributed by atoms with Gasteiger partial charge in [0, 0.05) is 19.0 Å². The number of aryl methyl sites for hydroxylation is 1. The number of esters is 1. The molecular weight excluding hydrogens is 372 g/mol. The highest BCUT2D eigenvalue weighted by Crippen LogP contribution is 2.32. The van der Waals surface area contributed by atoms with Gasteiger partial charge in [0.25, 0.3) is 5.91 Å². The number of nitrogens with zero attached hydrogens (tertiary/aromatic N) is 2. The van der Waals surface area contributed by atoms with Crippen molar-refractivity contribution in [2.75, 3.05) is 19.7 Å². The van der Waals surface area contributed by atoms with Crippen molar-refractivity contribution in [2.24, 2.45) is 0 Å². The maximum absolute atomic E-state index is 12.6. The fourth-order valence-electron chi connectivity index (χ4n) is 3.57. The number of benzene rings is 2. The van der Waals surface area contributed by atoms with E-state index in [-0.39, 0.29) is 18.4 Å². The first-order valence-corrected chi connectivity index (χ1v) is 10.3. The van der Waals surface area contributed by atoms with Crippen molar-refractivity contribution >= 4 is 33.4 Å². The van der Waals surface area contributed by atoms with Crippen LogP contribution in [0.4, 0.5) is 0 Å². The number of likely N-dealkylation sites (tertiary alicyclic amines) is 1. The Labute approximate surface area is 168 Å². The second-order valence-corrected chi connectivity index (χ2v) is 8.15. The van der Waals surface area contributed by atoms with Gasteiger partial charge < -0.3 is 9.64 Å². The van der Waals surface area contributed by atoms with Crippen molar-refractivity contribution in [3.8, 4) is 0 Å². The largest absolute Gasteiger partial charge is 0.452 e. The van der Waals surface area contributed by atoms with Gasteiger partial charge in [-0.1, -0.05) is 30.3 Å². The number of hydrogen-bond acceptors (Lipinski definition) is 5. The molecule has 2 aromatic carbocycles. The van der Waals surface area contributed by atoms with Crippen LogP contribution in [0, 0.1) is 6.92 Å². The number of thiazole rings is 1. The Morgan fingerprint density at radius 2 is 1.96 bits per heavy atom. The molecule has 1 aromatic heterocycles. The van der Waals surface area contributed by atoms with Gasteiger partial charge in [-0.3, -0.25) is 4.79 Å². The first-order valence-electron chi connectivity index (χ1n) is 9.48. The summed E-state index contributed by atoms with van der Waals surface area (Å²) in [5.41, 5.74) is 2.35. The average Bonchev–Trinajstić information content (AvgIpc) is 3.16. The molecule has 4 rings (SSSR count). The third-order valence-electron chi connectivity index (χ3n) is 5.13. The molecule has 0 aliphatic carbocycles. The topological polar surface area (TPSA) is 59.5 Å². The highest BCUT2D eigenvalue weighted by molar-refractivity contribution is 7.18. The number of carbonyl (C=O) groups excluding carboxylic acids is 2. The molecule has 6 heteroatoms. The summed E-state index contributed by atoms with van der Waals surface area (Å²) in [6.07, 6.45) is 1.95. The van der Waals surface area contributed by atoms with Crippen molar-refractivity contribution < 1.29 is 14.3 Å². The van der Waals surface area contributed by atoms with Crippen LogP contribution in [0.2, 0.25) is 0 Å². The summed E-state index contributed by atoms with van der Waals surface area (Å²) >= 11 is 1.70. The molecule has 0 bridgehead atoms. The molecule has 0 saturated carbocycles. The minimum Gasteiger partial charge on any atom is -0.452 e. The zero-order valence-electron chi connectivity index (χ0n) is 15.8. The van der Waals surface area contributed by atoms with Gasteiger partial charge in [-0.05, 0) is 43.5 Å². The molecule has 28 heavy (non-hydrogen) atoms. The molecular formula is C22H22N2O3S. The predicted molar refractivity (Wildman–Crippen MR) is 110 cm³/mol. The van der Waals surface area contributed by atoms with Crippen LogP contribution in [0.25, 0.3) is 10.2 Å². The molecule has 1 saturated heterocycles. The van der Waals surface area contributed by atoms with Crippen LogP contribution < -0.4 is 0 Å². The summed E-state index contributed by atoms with van der Waals surface area (Å²) in [6.45, 7) is 2.95. The number of aromatic nitrogens is 1. The summed E-state index contributed by atoms with van der Waals surface area (Å²) in [7, 11) is 0. The van der Waals surface area contributed by atoms with E-state index in [9.17, 15) is 9.59 Å². The first kappa shape index (κ1) is 18.6. The number of rotatable bonds is 4. The maximum Gasteiger partial charge on any atom is 0.338 e. The number of fused-ring (bicyclic) bond motifs is 1. The SMILES string of the molecule is Cc1ccccc1C(=O)OCC(=O)N1CCC[C@@H](c2nc3ccccc3s2)C1. The summed E-state index contributed by atoms with van der Waals surface area (Å²) in [6, 6.07) is 15.3. The van der Waals surface area contributed by atoms with Gasteiger partial charge in [-0.25, -0.2) is 9.78 Å². The minimum atomic E-state index is -0.453. The molecule has 1 amide bonds. The van der Waals surface area contributed by atoms with E-state index in [1.165, 1.54) is 4.70 Å². The smallest absolute Gasteiger partial charge is 0.338 e. The second kappa shape index (κ2) is 8.10. The lowest BCUT2D eigenvalue weighted by Gasteiger charge is -2.31. The normalized spacial score (nSPS) is 16.9. The highest BCUT2D eigenvalue weighted by atomic mass is 32.1. The molecule has 1 atom stereocenters. The molecule has 1 aliphatic heterocycles. The zero-order chi connectivity index (χ0) is 19.5. The Balaban J connectivity index is 1.38. The van der Waals surface area contributed by atoms with Crippen LogP contribution in [0.1, 0.15) is 39.7 Å². The summed E-state index contributed by atoms with van der Waals surface area (Å²) in [4.78, 5) is 31.4. The molecule has 0 unspecified atom stereocenters. The second-order valence-electron chi connectivity index (χ2n) is 7.09. The first-order chi connectivity index (χ1) is 13.6. The molecule has 1 fully saturated rings. The van der Waals surface area contributed by atoms with Gasteiger partial charge in [0.05, 0.1) is 20.8 Å². The minimum absolute atomic E-state index is 0.146. The van der Waals surface area contributed by atoms with Crippen LogP contribution in [0.3, 0.4) is 0 Å². The quantitative estimate of drug-likeness (QED) is 0.623. The Morgan fingerprint density at radius 1 is 1.18 bits per heavy atom.